The average Bonchev–Trinajstić information content (AvgIpc) is 2.74. The Morgan fingerprint density at radius 3 is 2.78 bits per heavy atom. The standard InChI is InChI=1S/C13H18N2O2.ClH/c1-13(7-8-14-10-13)15-12(16)17-9-11-5-3-2-4-6-11;/h2-6,14H,7-10H2,1H3,(H,15,16);1H/t13-;/m0./s1. The molecule has 18 heavy (non-hydrogen) atoms. The number of nitrogens with one attached hydrogen (secondary N) is 2. The SMILES string of the molecule is C[C@]1(NC(=O)OCc2ccccc2)CCNC1.Cl. The lowest BCUT2D eigenvalue weighted by molar-refractivity contribution is 0.129. The van der Waals surface area contributed by atoms with E-state index in [9.17, 15) is 4.79 Å². The van der Waals surface area contributed by atoms with Crippen molar-refractivity contribution in [1.29, 1.82) is 0 Å². The highest BCUT2D eigenvalue weighted by Crippen LogP contribution is 2.13. The van der Waals surface area contributed by atoms with E-state index in [-0.39, 0.29) is 24.0 Å². The maximum absolute atomic E-state index is 11.6. The molecule has 1 fully saturated rings. The molecule has 1 aliphatic heterocycles. The van der Waals surface area contributed by atoms with E-state index in [4.69, 9.17) is 4.74 Å². The van der Waals surface area contributed by atoms with Crippen molar-refractivity contribution in [3.05, 3.63) is 35.9 Å². The molecule has 5 heteroatoms. The Morgan fingerprint density at radius 1 is 1.44 bits per heavy atom. The van der Waals surface area contributed by atoms with Crippen molar-refractivity contribution in [1.82, 2.24) is 10.6 Å². The number of carbonyl (C=O) groups excluding carboxylic acids is 1. The molecule has 2 rings (SSSR count). The van der Waals surface area contributed by atoms with Gasteiger partial charge in [0.25, 0.3) is 0 Å². The van der Waals surface area contributed by atoms with Crippen LogP contribution in [0.3, 0.4) is 0 Å². The normalized spacial score (nSPS) is 22.1. The predicted molar refractivity (Wildman–Crippen MR) is 72.9 cm³/mol. The summed E-state index contributed by atoms with van der Waals surface area (Å²) in [6.07, 6.45) is 0.591. The highest BCUT2D eigenvalue weighted by molar-refractivity contribution is 5.85. The average molecular weight is 271 g/mol. The van der Waals surface area contributed by atoms with Gasteiger partial charge in [0.2, 0.25) is 0 Å². The van der Waals surface area contributed by atoms with Crippen LogP contribution in [0, 0.1) is 0 Å². The molecule has 100 valence electrons. The molecule has 1 amide bonds. The number of hydrogen-bond donors (Lipinski definition) is 2. The molecule has 0 saturated carbocycles. The molecule has 0 unspecified atom stereocenters. The van der Waals surface area contributed by atoms with Crippen LogP contribution in [-0.2, 0) is 11.3 Å². The van der Waals surface area contributed by atoms with E-state index in [1.807, 2.05) is 37.3 Å². The first kappa shape index (κ1) is 14.8. The quantitative estimate of drug-likeness (QED) is 0.884. The Balaban J connectivity index is 0.00000162. The van der Waals surface area contributed by atoms with Crippen molar-refractivity contribution in [2.24, 2.45) is 0 Å². The van der Waals surface area contributed by atoms with E-state index in [2.05, 4.69) is 10.6 Å². The largest absolute Gasteiger partial charge is 0.445 e. The minimum Gasteiger partial charge on any atom is -0.445 e. The summed E-state index contributed by atoms with van der Waals surface area (Å²) in [7, 11) is 0. The maximum Gasteiger partial charge on any atom is 0.407 e. The summed E-state index contributed by atoms with van der Waals surface area (Å²) in [5, 5.41) is 6.12. The lowest BCUT2D eigenvalue weighted by Crippen LogP contribution is -2.47. The fourth-order valence-electron chi connectivity index (χ4n) is 1.93. The highest BCUT2D eigenvalue weighted by Gasteiger charge is 2.30. The summed E-state index contributed by atoms with van der Waals surface area (Å²) in [6.45, 7) is 4.08. The van der Waals surface area contributed by atoms with E-state index in [0.29, 0.717) is 6.61 Å². The van der Waals surface area contributed by atoms with E-state index < -0.39 is 0 Å². The van der Waals surface area contributed by atoms with Gasteiger partial charge in [0.15, 0.2) is 0 Å². The molecule has 1 aromatic rings. The summed E-state index contributed by atoms with van der Waals surface area (Å²) < 4.78 is 5.18. The predicted octanol–water partition coefficient (Wildman–Crippen LogP) is 2.09. The second kappa shape index (κ2) is 6.61. The minimum absolute atomic E-state index is 0. The zero-order valence-electron chi connectivity index (χ0n) is 10.4. The van der Waals surface area contributed by atoms with Gasteiger partial charge in [-0.15, -0.1) is 12.4 Å². The molecule has 0 aromatic heterocycles. The third kappa shape index (κ3) is 4.20. The van der Waals surface area contributed by atoms with Crippen LogP contribution in [-0.4, -0.2) is 24.7 Å². The molecule has 2 N–H and O–H groups in total. The van der Waals surface area contributed by atoms with Crippen LogP contribution in [0.1, 0.15) is 18.9 Å². The Morgan fingerprint density at radius 2 is 2.17 bits per heavy atom. The number of hydrogen-bond acceptors (Lipinski definition) is 3. The van der Waals surface area contributed by atoms with Crippen LogP contribution in [0.5, 0.6) is 0 Å². The molecule has 0 bridgehead atoms. The first-order valence-electron chi connectivity index (χ1n) is 5.88. The molecule has 1 saturated heterocycles. The molecule has 4 nitrogen and oxygen atoms in total. The second-order valence-corrected chi connectivity index (χ2v) is 4.67. The number of alkyl carbamates (subject to hydrolysis) is 1. The van der Waals surface area contributed by atoms with Crippen molar-refractivity contribution < 1.29 is 9.53 Å². The first-order valence-corrected chi connectivity index (χ1v) is 5.88. The Hall–Kier alpha value is -1.26. The maximum atomic E-state index is 11.6. The Labute approximate surface area is 114 Å². The summed E-state index contributed by atoms with van der Waals surface area (Å²) in [6, 6.07) is 9.67. The van der Waals surface area contributed by atoms with Gasteiger partial charge >= 0.3 is 6.09 Å². The van der Waals surface area contributed by atoms with Crippen molar-refractivity contribution >= 4 is 18.5 Å². The van der Waals surface area contributed by atoms with Gasteiger partial charge in [-0.05, 0) is 25.5 Å². The fourth-order valence-corrected chi connectivity index (χ4v) is 1.93. The Bertz CT molecular complexity index is 378. The molecule has 0 spiro atoms. The van der Waals surface area contributed by atoms with Gasteiger partial charge < -0.3 is 15.4 Å². The van der Waals surface area contributed by atoms with Gasteiger partial charge in [-0.25, -0.2) is 4.79 Å². The van der Waals surface area contributed by atoms with Crippen LogP contribution < -0.4 is 10.6 Å². The van der Waals surface area contributed by atoms with Crippen molar-refractivity contribution in [3.8, 4) is 0 Å². The summed E-state index contributed by atoms with van der Waals surface area (Å²) in [5.41, 5.74) is 0.825. The van der Waals surface area contributed by atoms with Gasteiger partial charge in [0, 0.05) is 6.54 Å². The summed E-state index contributed by atoms with van der Waals surface area (Å²) in [4.78, 5) is 11.6. The van der Waals surface area contributed by atoms with E-state index in [0.717, 1.165) is 25.1 Å². The molecule has 1 heterocycles. The highest BCUT2D eigenvalue weighted by atomic mass is 35.5. The topological polar surface area (TPSA) is 50.4 Å². The lowest BCUT2D eigenvalue weighted by atomic mass is 10.0. The lowest BCUT2D eigenvalue weighted by Gasteiger charge is -2.23. The van der Waals surface area contributed by atoms with Gasteiger partial charge in [-0.2, -0.15) is 0 Å². The zero-order chi connectivity index (χ0) is 12.1. The van der Waals surface area contributed by atoms with Crippen LogP contribution in [0.15, 0.2) is 30.3 Å². The monoisotopic (exact) mass is 270 g/mol. The van der Waals surface area contributed by atoms with E-state index in [1.54, 1.807) is 0 Å². The second-order valence-electron chi connectivity index (χ2n) is 4.67. The third-order valence-corrected chi connectivity index (χ3v) is 2.99. The van der Waals surface area contributed by atoms with Gasteiger partial charge in [-0.1, -0.05) is 30.3 Å². The number of rotatable bonds is 3. The van der Waals surface area contributed by atoms with E-state index in [1.165, 1.54) is 0 Å². The molecule has 0 radical (unpaired) electrons. The van der Waals surface area contributed by atoms with Crippen LogP contribution in [0.2, 0.25) is 0 Å². The number of ether oxygens (including phenoxy) is 1. The number of halogens is 1. The number of amides is 1. The van der Waals surface area contributed by atoms with E-state index >= 15 is 0 Å². The van der Waals surface area contributed by atoms with Crippen molar-refractivity contribution in [2.75, 3.05) is 13.1 Å². The van der Waals surface area contributed by atoms with Crippen LogP contribution in [0.4, 0.5) is 4.79 Å². The van der Waals surface area contributed by atoms with Gasteiger partial charge in [0.05, 0.1) is 5.54 Å². The first-order chi connectivity index (χ1) is 8.18. The minimum atomic E-state index is -0.347. The summed E-state index contributed by atoms with van der Waals surface area (Å²) >= 11 is 0. The molecular weight excluding hydrogens is 252 g/mol. The number of carbonyl (C=O) groups is 1. The van der Waals surface area contributed by atoms with Crippen molar-refractivity contribution in [2.45, 2.75) is 25.5 Å². The van der Waals surface area contributed by atoms with Crippen LogP contribution >= 0.6 is 12.4 Å². The molecule has 1 aromatic carbocycles. The molecule has 1 atom stereocenters. The smallest absolute Gasteiger partial charge is 0.407 e. The van der Waals surface area contributed by atoms with Gasteiger partial charge in [-0.3, -0.25) is 0 Å². The molecule has 0 aliphatic carbocycles. The van der Waals surface area contributed by atoms with Gasteiger partial charge in [0.1, 0.15) is 6.61 Å². The molecular formula is C13H19ClN2O2. The van der Waals surface area contributed by atoms with Crippen LogP contribution in [0.25, 0.3) is 0 Å². The van der Waals surface area contributed by atoms with Crippen molar-refractivity contribution in [3.63, 3.8) is 0 Å². The fraction of sp³-hybridized carbons (Fsp3) is 0.462. The zero-order valence-corrected chi connectivity index (χ0v) is 11.3. The summed E-state index contributed by atoms with van der Waals surface area (Å²) in [5.74, 6) is 0. The molecule has 1 aliphatic rings. The Kier molecular flexibility index (Phi) is 5.44. The third-order valence-electron chi connectivity index (χ3n) is 2.99. The number of benzene rings is 1.